The zero-order valence-electron chi connectivity index (χ0n) is 9.08. The van der Waals surface area contributed by atoms with Gasteiger partial charge in [-0.05, 0) is 18.2 Å². The highest BCUT2D eigenvalue weighted by Gasteiger charge is 2.07. The van der Waals surface area contributed by atoms with Crippen molar-refractivity contribution >= 4 is 22.5 Å². The summed E-state index contributed by atoms with van der Waals surface area (Å²) in [4.78, 5) is 14.3. The number of methoxy groups -OCH3 is 1. The number of rotatable bonds is 2. The number of H-pyrrole nitrogens is 1. The number of benzene rings is 1. The number of hydrogen-bond acceptors (Lipinski definition) is 3. The molecule has 4 nitrogen and oxygen atoms in total. The number of fused-ring (bicyclic) bond motifs is 1. The fourth-order valence-corrected chi connectivity index (χ4v) is 1.87. The van der Waals surface area contributed by atoms with Crippen LogP contribution in [-0.2, 0) is 6.42 Å². The third-order valence-corrected chi connectivity index (χ3v) is 2.76. The van der Waals surface area contributed by atoms with Gasteiger partial charge in [-0.2, -0.15) is 5.26 Å². The van der Waals surface area contributed by atoms with Gasteiger partial charge in [0, 0.05) is 10.9 Å². The van der Waals surface area contributed by atoms with Gasteiger partial charge in [0.1, 0.15) is 5.75 Å². The molecule has 0 aliphatic heterocycles. The zero-order valence-corrected chi connectivity index (χ0v) is 9.84. The minimum absolute atomic E-state index is 0.0796. The van der Waals surface area contributed by atoms with Crippen LogP contribution < -0.4 is 10.3 Å². The van der Waals surface area contributed by atoms with Crippen molar-refractivity contribution in [3.63, 3.8) is 0 Å². The highest BCUT2D eigenvalue weighted by Crippen LogP contribution is 2.28. The molecule has 17 heavy (non-hydrogen) atoms. The molecule has 2 rings (SSSR count). The fraction of sp³-hybridized carbons (Fsp3) is 0.167. The van der Waals surface area contributed by atoms with Crippen LogP contribution in [0.3, 0.4) is 0 Å². The van der Waals surface area contributed by atoms with Gasteiger partial charge in [-0.1, -0.05) is 11.6 Å². The van der Waals surface area contributed by atoms with Crippen LogP contribution in [0.5, 0.6) is 5.75 Å². The van der Waals surface area contributed by atoms with Gasteiger partial charge in [0.25, 0.3) is 5.56 Å². The summed E-state index contributed by atoms with van der Waals surface area (Å²) in [5.41, 5.74) is 0.798. The SMILES string of the molecule is COc1cc2cc(CC#N)c(=O)[nH]c2cc1Cl. The topological polar surface area (TPSA) is 65.9 Å². The van der Waals surface area contributed by atoms with Crippen molar-refractivity contribution in [2.45, 2.75) is 6.42 Å². The van der Waals surface area contributed by atoms with Crippen molar-refractivity contribution in [3.05, 3.63) is 39.1 Å². The second kappa shape index (κ2) is 4.48. The van der Waals surface area contributed by atoms with Crippen molar-refractivity contribution in [3.8, 4) is 11.8 Å². The predicted molar refractivity (Wildman–Crippen MR) is 65.4 cm³/mol. The van der Waals surface area contributed by atoms with Crippen LogP contribution in [0.4, 0.5) is 0 Å². The van der Waals surface area contributed by atoms with E-state index in [1.54, 1.807) is 18.2 Å². The van der Waals surface area contributed by atoms with Gasteiger partial charge >= 0.3 is 0 Å². The maximum atomic E-state index is 11.6. The van der Waals surface area contributed by atoms with Crippen LogP contribution in [-0.4, -0.2) is 12.1 Å². The van der Waals surface area contributed by atoms with Crippen LogP contribution in [0.15, 0.2) is 23.0 Å². The second-order valence-corrected chi connectivity index (χ2v) is 3.94. The molecule has 2 aromatic rings. The number of nitrogens with one attached hydrogen (secondary N) is 1. The van der Waals surface area contributed by atoms with Gasteiger partial charge in [-0.15, -0.1) is 0 Å². The van der Waals surface area contributed by atoms with Crippen molar-refractivity contribution in [1.29, 1.82) is 5.26 Å². The highest BCUT2D eigenvalue weighted by atomic mass is 35.5. The molecule has 0 spiro atoms. The van der Waals surface area contributed by atoms with E-state index in [0.29, 0.717) is 21.9 Å². The average Bonchev–Trinajstić information content (AvgIpc) is 2.30. The largest absolute Gasteiger partial charge is 0.495 e. The Bertz CT molecular complexity index is 670. The van der Waals surface area contributed by atoms with Crippen LogP contribution in [0.25, 0.3) is 10.9 Å². The molecule has 0 aliphatic carbocycles. The summed E-state index contributed by atoms with van der Waals surface area (Å²) in [5, 5.41) is 9.83. The maximum absolute atomic E-state index is 11.6. The molecule has 0 fully saturated rings. The van der Waals surface area contributed by atoms with Gasteiger partial charge in [-0.3, -0.25) is 4.79 Å². The molecule has 1 heterocycles. The van der Waals surface area contributed by atoms with E-state index in [-0.39, 0.29) is 12.0 Å². The summed E-state index contributed by atoms with van der Waals surface area (Å²) < 4.78 is 5.09. The zero-order chi connectivity index (χ0) is 12.4. The van der Waals surface area contributed by atoms with E-state index in [4.69, 9.17) is 21.6 Å². The molecule has 86 valence electrons. The van der Waals surface area contributed by atoms with E-state index >= 15 is 0 Å². The lowest BCUT2D eigenvalue weighted by Crippen LogP contribution is -2.11. The monoisotopic (exact) mass is 248 g/mol. The minimum atomic E-state index is -0.264. The van der Waals surface area contributed by atoms with Crippen molar-refractivity contribution in [1.82, 2.24) is 4.98 Å². The number of ether oxygens (including phenoxy) is 1. The lowest BCUT2D eigenvalue weighted by molar-refractivity contribution is 0.415. The Morgan fingerprint density at radius 3 is 2.88 bits per heavy atom. The first kappa shape index (κ1) is 11.5. The quantitative estimate of drug-likeness (QED) is 0.887. The summed E-state index contributed by atoms with van der Waals surface area (Å²) in [5.74, 6) is 0.536. The Labute approximate surface area is 102 Å². The molecule has 0 unspecified atom stereocenters. The van der Waals surface area contributed by atoms with Crippen LogP contribution in [0.1, 0.15) is 5.56 Å². The summed E-state index contributed by atoms with van der Waals surface area (Å²) >= 11 is 5.96. The normalized spacial score (nSPS) is 10.2. The van der Waals surface area contributed by atoms with Crippen molar-refractivity contribution < 1.29 is 4.74 Å². The fourth-order valence-electron chi connectivity index (χ4n) is 1.63. The summed E-state index contributed by atoms with van der Waals surface area (Å²) in [7, 11) is 1.52. The molecule has 1 N–H and O–H groups in total. The lowest BCUT2D eigenvalue weighted by atomic mass is 10.1. The third kappa shape index (κ3) is 2.10. The van der Waals surface area contributed by atoms with Crippen molar-refractivity contribution in [2.75, 3.05) is 7.11 Å². The number of pyridine rings is 1. The molecule has 1 aromatic heterocycles. The maximum Gasteiger partial charge on any atom is 0.252 e. The van der Waals surface area contributed by atoms with Gasteiger partial charge in [0.2, 0.25) is 0 Å². The standard InChI is InChI=1S/C12H9ClN2O2/c1-17-11-5-8-4-7(2-3-14)12(16)15-10(8)6-9(11)13/h4-6H,2H2,1H3,(H,15,16). The van der Waals surface area contributed by atoms with Gasteiger partial charge in [0.05, 0.1) is 30.1 Å². The smallest absolute Gasteiger partial charge is 0.252 e. The number of aromatic nitrogens is 1. The van der Waals surface area contributed by atoms with Gasteiger partial charge < -0.3 is 9.72 Å². The third-order valence-electron chi connectivity index (χ3n) is 2.46. The molecular formula is C12H9ClN2O2. The van der Waals surface area contributed by atoms with E-state index in [9.17, 15) is 4.79 Å². The molecular weight excluding hydrogens is 240 g/mol. The van der Waals surface area contributed by atoms with E-state index < -0.39 is 0 Å². The Kier molecular flexibility index (Phi) is 3.03. The minimum Gasteiger partial charge on any atom is -0.495 e. The molecule has 1 aromatic carbocycles. The Balaban J connectivity index is 2.72. The highest BCUT2D eigenvalue weighted by molar-refractivity contribution is 6.32. The molecule has 0 radical (unpaired) electrons. The second-order valence-electron chi connectivity index (χ2n) is 3.53. The van der Waals surface area contributed by atoms with E-state index in [2.05, 4.69) is 4.98 Å². The van der Waals surface area contributed by atoms with Crippen molar-refractivity contribution in [2.24, 2.45) is 0 Å². The molecule has 5 heteroatoms. The number of aromatic amines is 1. The number of hydrogen-bond donors (Lipinski definition) is 1. The first-order chi connectivity index (χ1) is 8.15. The molecule has 0 atom stereocenters. The van der Waals surface area contributed by atoms with Crippen LogP contribution >= 0.6 is 11.6 Å². The first-order valence-electron chi connectivity index (χ1n) is 4.92. The number of nitrogens with zero attached hydrogens (tertiary/aromatic N) is 1. The Morgan fingerprint density at radius 1 is 1.47 bits per heavy atom. The molecule has 0 bridgehead atoms. The molecule has 0 amide bonds. The molecule has 0 saturated carbocycles. The van der Waals surface area contributed by atoms with E-state index in [1.165, 1.54) is 7.11 Å². The summed E-state index contributed by atoms with van der Waals surface area (Å²) in [6.07, 6.45) is 0.0796. The Morgan fingerprint density at radius 2 is 2.24 bits per heavy atom. The van der Waals surface area contributed by atoms with E-state index in [0.717, 1.165) is 5.39 Å². The van der Waals surface area contributed by atoms with E-state index in [1.807, 2.05) is 6.07 Å². The van der Waals surface area contributed by atoms with Crippen LogP contribution in [0, 0.1) is 11.3 Å². The first-order valence-corrected chi connectivity index (χ1v) is 5.30. The summed E-state index contributed by atoms with van der Waals surface area (Å²) in [6, 6.07) is 6.99. The number of halogens is 1. The molecule has 0 saturated heterocycles. The van der Waals surface area contributed by atoms with Gasteiger partial charge in [0.15, 0.2) is 0 Å². The Hall–Kier alpha value is -1.99. The predicted octanol–water partition coefficient (Wildman–Crippen LogP) is 2.26. The lowest BCUT2D eigenvalue weighted by Gasteiger charge is -2.06. The molecule has 0 aliphatic rings. The number of nitriles is 1. The summed E-state index contributed by atoms with van der Waals surface area (Å²) in [6.45, 7) is 0. The van der Waals surface area contributed by atoms with Gasteiger partial charge in [-0.25, -0.2) is 0 Å². The van der Waals surface area contributed by atoms with Crippen LogP contribution in [0.2, 0.25) is 5.02 Å². The average molecular weight is 249 g/mol.